The van der Waals surface area contributed by atoms with Crippen molar-refractivity contribution in [1.29, 1.82) is 0 Å². The smallest absolute Gasteiger partial charge is 0.311 e. The first kappa shape index (κ1) is 14.7. The van der Waals surface area contributed by atoms with Gasteiger partial charge in [-0.15, -0.1) is 0 Å². The van der Waals surface area contributed by atoms with Crippen molar-refractivity contribution in [1.82, 2.24) is 4.98 Å². The molecule has 0 fully saturated rings. The Hall–Kier alpha value is -2.67. The van der Waals surface area contributed by atoms with Crippen molar-refractivity contribution in [2.45, 2.75) is 19.4 Å². The maximum Gasteiger partial charge on any atom is 0.311 e. The number of nitrogen functional groups attached to an aromatic ring is 1. The first-order valence-corrected chi connectivity index (χ1v) is 6.52. The third-order valence-electron chi connectivity index (χ3n) is 2.99. The van der Waals surface area contributed by atoms with Gasteiger partial charge in [-0.3, -0.25) is 10.1 Å². The maximum absolute atomic E-state index is 11.0. The molecule has 0 bridgehead atoms. The number of hydrogen-bond donors (Lipinski definition) is 3. The molecule has 1 aromatic heterocycles. The molecule has 1 aromatic carbocycles. The van der Waals surface area contributed by atoms with Gasteiger partial charge in [-0.05, 0) is 25.0 Å². The number of aromatic nitrogens is 1. The zero-order valence-corrected chi connectivity index (χ0v) is 11.6. The van der Waals surface area contributed by atoms with Crippen LogP contribution in [0.2, 0.25) is 0 Å². The van der Waals surface area contributed by atoms with E-state index < -0.39 is 4.92 Å². The van der Waals surface area contributed by atoms with Gasteiger partial charge < -0.3 is 10.7 Å². The Bertz CT molecular complexity index is 618. The molecular formula is C14H17N5O2. The molecule has 0 aliphatic heterocycles. The van der Waals surface area contributed by atoms with Gasteiger partial charge in [0.25, 0.3) is 0 Å². The Morgan fingerprint density at radius 1 is 1.29 bits per heavy atom. The second-order valence-electron chi connectivity index (χ2n) is 4.70. The fraction of sp³-hybridized carbons (Fsp3) is 0.214. The second kappa shape index (κ2) is 6.67. The number of nitro groups is 1. The quantitative estimate of drug-likeness (QED) is 0.427. The molecule has 0 radical (unpaired) electrons. The van der Waals surface area contributed by atoms with Gasteiger partial charge in [0.1, 0.15) is 5.82 Å². The van der Waals surface area contributed by atoms with Gasteiger partial charge in [0, 0.05) is 12.1 Å². The van der Waals surface area contributed by atoms with E-state index in [0.717, 1.165) is 12.0 Å². The molecule has 2 rings (SSSR count). The van der Waals surface area contributed by atoms with Crippen molar-refractivity contribution in [2.24, 2.45) is 5.84 Å². The van der Waals surface area contributed by atoms with Gasteiger partial charge in [0.05, 0.1) is 4.92 Å². The van der Waals surface area contributed by atoms with Crippen LogP contribution in [0.3, 0.4) is 0 Å². The summed E-state index contributed by atoms with van der Waals surface area (Å²) in [7, 11) is 0. The van der Waals surface area contributed by atoms with Crippen molar-refractivity contribution >= 4 is 17.3 Å². The summed E-state index contributed by atoms with van der Waals surface area (Å²) >= 11 is 0. The predicted molar refractivity (Wildman–Crippen MR) is 81.9 cm³/mol. The molecule has 0 aliphatic rings. The van der Waals surface area contributed by atoms with Crippen LogP contribution >= 0.6 is 0 Å². The predicted octanol–water partition coefficient (Wildman–Crippen LogP) is 2.32. The summed E-state index contributed by atoms with van der Waals surface area (Å²) in [6.45, 7) is 1.95. The molecule has 7 nitrogen and oxygen atoms in total. The lowest BCUT2D eigenvalue weighted by molar-refractivity contribution is -0.384. The van der Waals surface area contributed by atoms with Gasteiger partial charge in [0.15, 0.2) is 0 Å². The second-order valence-corrected chi connectivity index (χ2v) is 4.70. The summed E-state index contributed by atoms with van der Waals surface area (Å²) in [6.07, 6.45) is 0.736. The number of anilines is 2. The summed E-state index contributed by atoms with van der Waals surface area (Å²) in [5.74, 6) is 5.87. The molecule has 0 saturated carbocycles. The largest absolute Gasteiger partial charge is 0.361 e. The van der Waals surface area contributed by atoms with Gasteiger partial charge in [-0.2, -0.15) is 0 Å². The molecule has 2 aromatic rings. The third-order valence-corrected chi connectivity index (χ3v) is 2.99. The summed E-state index contributed by atoms with van der Waals surface area (Å²) in [6, 6.07) is 12.7. The third kappa shape index (κ3) is 3.90. The van der Waals surface area contributed by atoms with Crippen molar-refractivity contribution in [3.05, 3.63) is 58.1 Å². The SMILES string of the molecule is CC(Cc1ccccc1)Nc1nc(NN)ccc1[N+](=O)[O-]. The molecule has 7 heteroatoms. The number of pyridine rings is 1. The van der Waals surface area contributed by atoms with E-state index in [1.807, 2.05) is 37.3 Å². The minimum absolute atomic E-state index is 0.00776. The average Bonchev–Trinajstić information content (AvgIpc) is 2.47. The molecule has 4 N–H and O–H groups in total. The van der Waals surface area contributed by atoms with E-state index in [4.69, 9.17) is 5.84 Å². The fourth-order valence-electron chi connectivity index (χ4n) is 2.04. The van der Waals surface area contributed by atoms with Crippen LogP contribution in [-0.2, 0) is 6.42 Å². The van der Waals surface area contributed by atoms with Crippen LogP contribution in [-0.4, -0.2) is 15.9 Å². The molecule has 1 atom stereocenters. The Morgan fingerprint density at radius 2 is 2.00 bits per heavy atom. The minimum Gasteiger partial charge on any atom is -0.361 e. The number of nitrogens with one attached hydrogen (secondary N) is 2. The van der Waals surface area contributed by atoms with Gasteiger partial charge >= 0.3 is 5.69 Å². The summed E-state index contributed by atoms with van der Waals surface area (Å²) < 4.78 is 0. The van der Waals surface area contributed by atoms with E-state index in [-0.39, 0.29) is 17.5 Å². The first-order valence-electron chi connectivity index (χ1n) is 6.52. The molecule has 110 valence electrons. The fourth-order valence-corrected chi connectivity index (χ4v) is 2.04. The highest BCUT2D eigenvalue weighted by Crippen LogP contribution is 2.24. The van der Waals surface area contributed by atoms with E-state index >= 15 is 0 Å². The summed E-state index contributed by atoms with van der Waals surface area (Å²) in [4.78, 5) is 14.7. The Kier molecular flexibility index (Phi) is 4.68. The van der Waals surface area contributed by atoms with Crippen molar-refractivity contribution in [3.8, 4) is 0 Å². The Labute approximate surface area is 122 Å². The lowest BCUT2D eigenvalue weighted by atomic mass is 10.1. The van der Waals surface area contributed by atoms with E-state index in [1.54, 1.807) is 0 Å². The number of hydrazine groups is 1. The molecule has 0 amide bonds. The molecule has 0 saturated heterocycles. The maximum atomic E-state index is 11.0. The van der Waals surface area contributed by atoms with E-state index in [9.17, 15) is 10.1 Å². The Balaban J connectivity index is 2.15. The number of rotatable bonds is 6. The van der Waals surface area contributed by atoms with E-state index in [0.29, 0.717) is 5.82 Å². The van der Waals surface area contributed by atoms with Crippen molar-refractivity contribution < 1.29 is 4.92 Å². The highest BCUT2D eigenvalue weighted by molar-refractivity contribution is 5.60. The lowest BCUT2D eigenvalue weighted by Crippen LogP contribution is -2.20. The molecule has 0 aliphatic carbocycles. The van der Waals surface area contributed by atoms with E-state index in [1.165, 1.54) is 12.1 Å². The van der Waals surface area contributed by atoms with Gasteiger partial charge in [0.2, 0.25) is 5.82 Å². The Morgan fingerprint density at radius 3 is 2.62 bits per heavy atom. The molecular weight excluding hydrogens is 270 g/mol. The number of hydrogen-bond acceptors (Lipinski definition) is 6. The normalized spacial score (nSPS) is 11.7. The summed E-state index contributed by atoms with van der Waals surface area (Å²) in [5.41, 5.74) is 3.45. The van der Waals surface area contributed by atoms with Crippen LogP contribution in [0.25, 0.3) is 0 Å². The first-order chi connectivity index (χ1) is 10.1. The zero-order valence-electron chi connectivity index (χ0n) is 11.6. The highest BCUT2D eigenvalue weighted by atomic mass is 16.6. The molecule has 1 heterocycles. The van der Waals surface area contributed by atoms with Crippen LogP contribution < -0.4 is 16.6 Å². The standard InChI is InChI=1S/C14H17N5O2/c1-10(9-11-5-3-2-4-6-11)16-14-12(19(20)21)7-8-13(17-14)18-15/h2-8,10H,9,15H2,1H3,(H2,16,17,18). The van der Waals surface area contributed by atoms with Crippen molar-refractivity contribution in [3.63, 3.8) is 0 Å². The van der Waals surface area contributed by atoms with Gasteiger partial charge in [-0.1, -0.05) is 30.3 Å². The average molecular weight is 287 g/mol. The monoisotopic (exact) mass is 287 g/mol. The van der Waals surface area contributed by atoms with E-state index in [2.05, 4.69) is 15.7 Å². The topological polar surface area (TPSA) is 106 Å². The number of benzene rings is 1. The molecule has 21 heavy (non-hydrogen) atoms. The van der Waals surface area contributed by atoms with Crippen LogP contribution in [0, 0.1) is 10.1 Å². The van der Waals surface area contributed by atoms with Gasteiger partial charge in [-0.25, -0.2) is 10.8 Å². The number of nitrogens with zero attached hydrogens (tertiary/aromatic N) is 2. The lowest BCUT2D eigenvalue weighted by Gasteiger charge is -2.15. The van der Waals surface area contributed by atoms with Crippen molar-refractivity contribution in [2.75, 3.05) is 10.7 Å². The van der Waals surface area contributed by atoms with Crippen LogP contribution in [0.15, 0.2) is 42.5 Å². The zero-order chi connectivity index (χ0) is 15.2. The number of nitrogens with two attached hydrogens (primary N) is 1. The van der Waals surface area contributed by atoms with Crippen LogP contribution in [0.5, 0.6) is 0 Å². The minimum atomic E-state index is -0.467. The van der Waals surface area contributed by atoms with Crippen LogP contribution in [0.1, 0.15) is 12.5 Å². The molecule has 0 spiro atoms. The van der Waals surface area contributed by atoms with Crippen LogP contribution in [0.4, 0.5) is 17.3 Å². The highest BCUT2D eigenvalue weighted by Gasteiger charge is 2.17. The molecule has 1 unspecified atom stereocenters. The summed E-state index contributed by atoms with van der Waals surface area (Å²) in [5, 5.41) is 14.1.